The minimum Gasteiger partial charge on any atom is -0.296 e. The normalized spacial score (nSPS) is 18.1. The Morgan fingerprint density at radius 3 is 2.67 bits per heavy atom. The second-order valence-corrected chi connectivity index (χ2v) is 1.80. The highest BCUT2D eigenvalue weighted by molar-refractivity contribution is 6.34. The molecule has 0 aliphatic carbocycles. The first-order valence-electron chi connectivity index (χ1n) is 2.53. The molecule has 0 aromatic rings. The molecule has 1 amide bonds. The quantitative estimate of drug-likeness (QED) is 0.440. The smallest absolute Gasteiger partial charge is 0.248 e. The van der Waals surface area contributed by atoms with Crippen LogP contribution in [0.1, 0.15) is 6.42 Å². The van der Waals surface area contributed by atoms with Crippen molar-refractivity contribution >= 4 is 17.9 Å². The molecule has 1 rings (SSSR count). The molecule has 4 nitrogen and oxygen atoms in total. The van der Waals surface area contributed by atoms with Crippen molar-refractivity contribution in [3.63, 3.8) is 0 Å². The lowest BCUT2D eigenvalue weighted by atomic mass is 10.3. The van der Waals surface area contributed by atoms with Crippen LogP contribution in [0.25, 0.3) is 0 Å². The fraction of sp³-hybridized carbons (Fsp3) is 0.400. The molecule has 0 spiro atoms. The Labute approximate surface area is 52.1 Å². The average Bonchev–Trinajstić information content (AvgIpc) is 2.13. The molecule has 0 saturated heterocycles. The summed E-state index contributed by atoms with van der Waals surface area (Å²) in [5.74, 6) is -0.128. The molecule has 0 bridgehead atoms. The first-order valence-corrected chi connectivity index (χ1v) is 2.53. The highest BCUT2D eigenvalue weighted by atomic mass is 16.2. The van der Waals surface area contributed by atoms with Crippen molar-refractivity contribution in [2.75, 3.05) is 7.05 Å². The zero-order chi connectivity index (χ0) is 6.85. The van der Waals surface area contributed by atoms with E-state index in [-0.39, 0.29) is 12.3 Å². The van der Waals surface area contributed by atoms with Gasteiger partial charge in [0.2, 0.25) is 5.91 Å². The minimum atomic E-state index is -0.128. The SMILES string of the molecule is CN1N=C(C=O)CC1=O. The van der Waals surface area contributed by atoms with E-state index in [1.165, 1.54) is 12.1 Å². The molecule has 0 atom stereocenters. The van der Waals surface area contributed by atoms with E-state index in [1.807, 2.05) is 0 Å². The van der Waals surface area contributed by atoms with Crippen molar-refractivity contribution < 1.29 is 9.59 Å². The van der Waals surface area contributed by atoms with Crippen molar-refractivity contribution in [3.05, 3.63) is 0 Å². The summed E-state index contributed by atoms with van der Waals surface area (Å²) >= 11 is 0. The summed E-state index contributed by atoms with van der Waals surface area (Å²) in [5, 5.41) is 4.79. The Bertz CT molecular complexity index is 185. The van der Waals surface area contributed by atoms with Gasteiger partial charge in [0.25, 0.3) is 0 Å². The molecule has 0 radical (unpaired) electrons. The molecule has 0 fully saturated rings. The number of carbonyl (C=O) groups excluding carboxylic acids is 2. The fourth-order valence-electron chi connectivity index (χ4n) is 0.618. The van der Waals surface area contributed by atoms with E-state index in [0.717, 1.165) is 0 Å². The zero-order valence-corrected chi connectivity index (χ0v) is 5.00. The Morgan fingerprint density at radius 2 is 2.44 bits per heavy atom. The number of hydrazone groups is 1. The van der Waals surface area contributed by atoms with Gasteiger partial charge in [-0.3, -0.25) is 9.59 Å². The lowest BCUT2D eigenvalue weighted by molar-refractivity contribution is -0.127. The third kappa shape index (κ3) is 0.960. The molecular formula is C5H6N2O2. The maximum atomic E-state index is 10.6. The van der Waals surface area contributed by atoms with E-state index in [4.69, 9.17) is 0 Å². The van der Waals surface area contributed by atoms with Gasteiger partial charge in [0.1, 0.15) is 5.71 Å². The fourth-order valence-corrected chi connectivity index (χ4v) is 0.618. The van der Waals surface area contributed by atoms with Gasteiger partial charge < -0.3 is 0 Å². The number of aldehydes is 1. The predicted octanol–water partition coefficient (Wildman–Crippen LogP) is -0.597. The number of nitrogens with zero attached hydrogens (tertiary/aromatic N) is 2. The highest BCUT2D eigenvalue weighted by Gasteiger charge is 2.18. The maximum Gasteiger partial charge on any atom is 0.248 e. The first kappa shape index (κ1) is 5.94. The van der Waals surface area contributed by atoms with Crippen molar-refractivity contribution in [2.24, 2.45) is 5.10 Å². The number of amides is 1. The molecule has 0 aromatic heterocycles. The first-order chi connectivity index (χ1) is 4.24. The largest absolute Gasteiger partial charge is 0.296 e. The standard InChI is InChI=1S/C5H6N2O2/c1-7-5(9)2-4(3-8)6-7/h3H,2H2,1H3. The van der Waals surface area contributed by atoms with Crippen LogP contribution in [-0.4, -0.2) is 30.0 Å². The van der Waals surface area contributed by atoms with Gasteiger partial charge in [-0.1, -0.05) is 0 Å². The van der Waals surface area contributed by atoms with Crippen LogP contribution in [0.15, 0.2) is 5.10 Å². The van der Waals surface area contributed by atoms with Crippen LogP contribution in [0, 0.1) is 0 Å². The van der Waals surface area contributed by atoms with Crippen LogP contribution in [0.4, 0.5) is 0 Å². The minimum absolute atomic E-state index is 0.128. The highest BCUT2D eigenvalue weighted by Crippen LogP contribution is 2.02. The van der Waals surface area contributed by atoms with Gasteiger partial charge in [0, 0.05) is 7.05 Å². The summed E-state index contributed by atoms with van der Waals surface area (Å²) in [5.41, 5.74) is 0.308. The monoisotopic (exact) mass is 126 g/mol. The molecule has 4 heteroatoms. The Kier molecular flexibility index (Phi) is 1.30. The summed E-state index contributed by atoms with van der Waals surface area (Å²) in [7, 11) is 1.53. The molecule has 0 unspecified atom stereocenters. The van der Waals surface area contributed by atoms with Crippen LogP contribution in [0.5, 0.6) is 0 Å². The lowest BCUT2D eigenvalue weighted by Gasteiger charge is -1.98. The zero-order valence-electron chi connectivity index (χ0n) is 5.00. The number of hydrogen-bond acceptors (Lipinski definition) is 3. The van der Waals surface area contributed by atoms with Crippen LogP contribution < -0.4 is 0 Å². The van der Waals surface area contributed by atoms with E-state index in [0.29, 0.717) is 12.0 Å². The third-order valence-electron chi connectivity index (χ3n) is 1.11. The van der Waals surface area contributed by atoms with Gasteiger partial charge in [-0.05, 0) is 0 Å². The van der Waals surface area contributed by atoms with Crippen LogP contribution in [0.2, 0.25) is 0 Å². The molecule has 1 aliphatic heterocycles. The summed E-state index contributed by atoms with van der Waals surface area (Å²) < 4.78 is 0. The lowest BCUT2D eigenvalue weighted by Crippen LogP contribution is -2.14. The summed E-state index contributed by atoms with van der Waals surface area (Å²) in [6.07, 6.45) is 0.751. The molecule has 1 aliphatic rings. The third-order valence-corrected chi connectivity index (χ3v) is 1.11. The van der Waals surface area contributed by atoms with E-state index in [9.17, 15) is 9.59 Å². The summed E-state index contributed by atoms with van der Waals surface area (Å²) in [4.78, 5) is 20.6. The van der Waals surface area contributed by atoms with Crippen LogP contribution in [-0.2, 0) is 9.59 Å². The molecule has 0 aromatic carbocycles. The van der Waals surface area contributed by atoms with Gasteiger partial charge in [0.15, 0.2) is 6.29 Å². The van der Waals surface area contributed by atoms with Crippen LogP contribution >= 0.6 is 0 Å². The molecule has 0 N–H and O–H groups in total. The van der Waals surface area contributed by atoms with E-state index < -0.39 is 0 Å². The van der Waals surface area contributed by atoms with Crippen molar-refractivity contribution in [3.8, 4) is 0 Å². The number of rotatable bonds is 1. The van der Waals surface area contributed by atoms with Gasteiger partial charge in [-0.25, -0.2) is 5.01 Å². The summed E-state index contributed by atoms with van der Waals surface area (Å²) in [6, 6.07) is 0. The number of hydrogen-bond donors (Lipinski definition) is 0. The van der Waals surface area contributed by atoms with Crippen molar-refractivity contribution in [1.29, 1.82) is 0 Å². The van der Waals surface area contributed by atoms with E-state index in [1.54, 1.807) is 0 Å². The van der Waals surface area contributed by atoms with E-state index >= 15 is 0 Å². The van der Waals surface area contributed by atoms with Gasteiger partial charge >= 0.3 is 0 Å². The van der Waals surface area contributed by atoms with Gasteiger partial charge in [-0.15, -0.1) is 0 Å². The second-order valence-electron chi connectivity index (χ2n) is 1.80. The Balaban J connectivity index is 2.73. The predicted molar refractivity (Wildman–Crippen MR) is 30.9 cm³/mol. The summed E-state index contributed by atoms with van der Waals surface area (Å²) in [6.45, 7) is 0. The van der Waals surface area contributed by atoms with Crippen molar-refractivity contribution in [2.45, 2.75) is 6.42 Å². The van der Waals surface area contributed by atoms with Gasteiger partial charge in [-0.2, -0.15) is 5.10 Å². The molecule has 48 valence electrons. The molecule has 9 heavy (non-hydrogen) atoms. The number of carbonyl (C=O) groups is 2. The Hall–Kier alpha value is -1.19. The Morgan fingerprint density at radius 1 is 1.78 bits per heavy atom. The van der Waals surface area contributed by atoms with E-state index in [2.05, 4.69) is 5.10 Å². The van der Waals surface area contributed by atoms with Gasteiger partial charge in [0.05, 0.1) is 6.42 Å². The molecular weight excluding hydrogens is 120 g/mol. The average molecular weight is 126 g/mol. The second kappa shape index (κ2) is 1.97. The van der Waals surface area contributed by atoms with Crippen LogP contribution in [0.3, 0.4) is 0 Å². The topological polar surface area (TPSA) is 49.7 Å². The molecule has 1 heterocycles. The van der Waals surface area contributed by atoms with Crippen molar-refractivity contribution in [1.82, 2.24) is 5.01 Å². The molecule has 0 saturated carbocycles. The maximum absolute atomic E-state index is 10.6.